The second kappa shape index (κ2) is 4.22. The summed E-state index contributed by atoms with van der Waals surface area (Å²) in [6.45, 7) is 5.93. The Morgan fingerprint density at radius 2 is 2.23 bits per heavy atom. The van der Waals surface area contributed by atoms with Crippen LogP contribution in [0.15, 0.2) is 0 Å². The lowest BCUT2D eigenvalue weighted by atomic mass is 9.96. The van der Waals surface area contributed by atoms with Crippen LogP contribution in [0.1, 0.15) is 33.1 Å². The molecule has 76 valence electrons. The zero-order valence-electron chi connectivity index (χ0n) is 8.83. The molecule has 2 heteroatoms. The summed E-state index contributed by atoms with van der Waals surface area (Å²) >= 11 is 2.16. The monoisotopic (exact) mass is 199 g/mol. The van der Waals surface area contributed by atoms with Gasteiger partial charge in [0.1, 0.15) is 0 Å². The number of hydrogen-bond donors (Lipinski definition) is 0. The molecule has 0 aromatic carbocycles. The molecule has 2 aliphatic rings. The Bertz CT molecular complexity index is 167. The minimum absolute atomic E-state index is 0.902. The van der Waals surface area contributed by atoms with Gasteiger partial charge in [0, 0.05) is 17.8 Å². The van der Waals surface area contributed by atoms with Crippen LogP contribution >= 0.6 is 11.8 Å². The van der Waals surface area contributed by atoms with Crippen LogP contribution in [0.3, 0.4) is 0 Å². The van der Waals surface area contributed by atoms with E-state index in [1.165, 1.54) is 37.3 Å². The first-order valence-corrected chi connectivity index (χ1v) is 6.85. The largest absolute Gasteiger partial charge is 0.297 e. The highest BCUT2D eigenvalue weighted by atomic mass is 32.2. The van der Waals surface area contributed by atoms with E-state index in [1.807, 2.05) is 0 Å². The molecule has 0 aromatic rings. The molecule has 0 spiro atoms. The summed E-state index contributed by atoms with van der Waals surface area (Å²) in [4.78, 5) is 2.76. The standard InChI is InChI=1S/C11H21NS/c1-3-10-7-9-5-6-13-8-11(9)12(10)4-2/h9-11H,3-8H2,1-2H3. The van der Waals surface area contributed by atoms with Crippen molar-refractivity contribution in [1.29, 1.82) is 0 Å². The Labute approximate surface area is 86.3 Å². The Morgan fingerprint density at radius 1 is 1.38 bits per heavy atom. The number of fused-ring (bicyclic) bond motifs is 1. The Morgan fingerprint density at radius 3 is 2.92 bits per heavy atom. The van der Waals surface area contributed by atoms with E-state index in [-0.39, 0.29) is 0 Å². The summed E-state index contributed by atoms with van der Waals surface area (Å²) in [5.41, 5.74) is 0. The van der Waals surface area contributed by atoms with Gasteiger partial charge in [-0.15, -0.1) is 0 Å². The molecular formula is C11H21NS. The van der Waals surface area contributed by atoms with Crippen molar-refractivity contribution in [3.05, 3.63) is 0 Å². The van der Waals surface area contributed by atoms with Crippen LogP contribution in [-0.2, 0) is 0 Å². The SMILES string of the molecule is CCC1CC2CCSCC2N1CC. The second-order valence-corrected chi connectivity index (χ2v) is 5.47. The minimum Gasteiger partial charge on any atom is -0.297 e. The summed E-state index contributed by atoms with van der Waals surface area (Å²) in [6, 6.07) is 1.83. The molecule has 0 radical (unpaired) electrons. The summed E-state index contributed by atoms with van der Waals surface area (Å²) in [5.74, 6) is 3.84. The van der Waals surface area contributed by atoms with Gasteiger partial charge in [-0.3, -0.25) is 4.90 Å². The molecule has 3 atom stereocenters. The summed E-state index contributed by atoms with van der Waals surface area (Å²) in [5, 5.41) is 0. The average molecular weight is 199 g/mol. The van der Waals surface area contributed by atoms with Gasteiger partial charge in [0.05, 0.1) is 0 Å². The van der Waals surface area contributed by atoms with Gasteiger partial charge in [0.15, 0.2) is 0 Å². The molecule has 0 bridgehead atoms. The molecule has 2 aliphatic heterocycles. The molecule has 2 fully saturated rings. The van der Waals surface area contributed by atoms with Crippen molar-refractivity contribution in [1.82, 2.24) is 4.90 Å². The molecule has 0 N–H and O–H groups in total. The summed E-state index contributed by atoms with van der Waals surface area (Å²) in [7, 11) is 0. The molecule has 1 nitrogen and oxygen atoms in total. The van der Waals surface area contributed by atoms with Gasteiger partial charge in [0.25, 0.3) is 0 Å². The number of rotatable bonds is 2. The zero-order valence-corrected chi connectivity index (χ0v) is 9.65. The lowest BCUT2D eigenvalue weighted by Crippen LogP contribution is -2.40. The Balaban J connectivity index is 2.05. The molecule has 0 amide bonds. The van der Waals surface area contributed by atoms with Crippen LogP contribution in [0.4, 0.5) is 0 Å². The Kier molecular flexibility index (Phi) is 3.20. The zero-order chi connectivity index (χ0) is 9.26. The first-order chi connectivity index (χ1) is 6.36. The summed E-state index contributed by atoms with van der Waals surface area (Å²) in [6.07, 6.45) is 4.31. The van der Waals surface area contributed by atoms with E-state index in [2.05, 4.69) is 30.5 Å². The topological polar surface area (TPSA) is 3.24 Å². The lowest BCUT2D eigenvalue weighted by molar-refractivity contribution is 0.198. The van der Waals surface area contributed by atoms with E-state index in [0.717, 1.165) is 18.0 Å². The third-order valence-electron chi connectivity index (χ3n) is 3.77. The number of nitrogens with zero attached hydrogens (tertiary/aromatic N) is 1. The molecule has 0 aromatic heterocycles. The van der Waals surface area contributed by atoms with Crippen molar-refractivity contribution in [2.75, 3.05) is 18.1 Å². The molecule has 2 heterocycles. The first kappa shape index (κ1) is 9.85. The fourth-order valence-corrected chi connectivity index (χ4v) is 4.40. The van der Waals surface area contributed by atoms with E-state index in [1.54, 1.807) is 0 Å². The lowest BCUT2D eigenvalue weighted by Gasteiger charge is -2.32. The van der Waals surface area contributed by atoms with Crippen molar-refractivity contribution in [2.45, 2.75) is 45.2 Å². The van der Waals surface area contributed by atoms with Gasteiger partial charge in [-0.2, -0.15) is 11.8 Å². The van der Waals surface area contributed by atoms with Crippen LogP contribution in [-0.4, -0.2) is 35.0 Å². The van der Waals surface area contributed by atoms with Crippen molar-refractivity contribution in [3.8, 4) is 0 Å². The predicted molar refractivity (Wildman–Crippen MR) is 60.3 cm³/mol. The third-order valence-corrected chi connectivity index (χ3v) is 4.87. The van der Waals surface area contributed by atoms with Gasteiger partial charge in [-0.05, 0) is 37.5 Å². The van der Waals surface area contributed by atoms with Gasteiger partial charge >= 0.3 is 0 Å². The van der Waals surface area contributed by atoms with Crippen LogP contribution in [0.5, 0.6) is 0 Å². The Hall–Kier alpha value is 0.310. The molecule has 2 rings (SSSR count). The van der Waals surface area contributed by atoms with Crippen molar-refractivity contribution < 1.29 is 0 Å². The minimum atomic E-state index is 0.902. The normalized spacial score (nSPS) is 40.6. The van der Waals surface area contributed by atoms with E-state index in [4.69, 9.17) is 0 Å². The van der Waals surface area contributed by atoms with Crippen molar-refractivity contribution in [2.24, 2.45) is 5.92 Å². The molecule has 0 aliphatic carbocycles. The van der Waals surface area contributed by atoms with Crippen LogP contribution in [0, 0.1) is 5.92 Å². The van der Waals surface area contributed by atoms with Crippen LogP contribution in [0.2, 0.25) is 0 Å². The quantitative estimate of drug-likeness (QED) is 0.672. The summed E-state index contributed by atoms with van der Waals surface area (Å²) < 4.78 is 0. The van der Waals surface area contributed by atoms with Gasteiger partial charge in [-0.1, -0.05) is 13.8 Å². The maximum absolute atomic E-state index is 2.76. The number of thioether (sulfide) groups is 1. The van der Waals surface area contributed by atoms with E-state index in [9.17, 15) is 0 Å². The van der Waals surface area contributed by atoms with Gasteiger partial charge in [-0.25, -0.2) is 0 Å². The van der Waals surface area contributed by atoms with Gasteiger partial charge in [0.2, 0.25) is 0 Å². The maximum atomic E-state index is 2.76. The molecule has 13 heavy (non-hydrogen) atoms. The maximum Gasteiger partial charge on any atom is 0.0218 e. The predicted octanol–water partition coefficient (Wildman–Crippen LogP) is 2.61. The fraction of sp³-hybridized carbons (Fsp3) is 1.00. The second-order valence-electron chi connectivity index (χ2n) is 4.32. The first-order valence-electron chi connectivity index (χ1n) is 5.70. The number of likely N-dealkylation sites (tertiary alicyclic amines) is 1. The van der Waals surface area contributed by atoms with Crippen molar-refractivity contribution in [3.63, 3.8) is 0 Å². The molecule has 2 saturated heterocycles. The number of hydrogen-bond acceptors (Lipinski definition) is 2. The highest BCUT2D eigenvalue weighted by molar-refractivity contribution is 7.99. The van der Waals surface area contributed by atoms with E-state index >= 15 is 0 Å². The third kappa shape index (κ3) is 1.75. The molecule has 3 unspecified atom stereocenters. The highest BCUT2D eigenvalue weighted by Crippen LogP contribution is 2.39. The van der Waals surface area contributed by atoms with E-state index in [0.29, 0.717) is 0 Å². The van der Waals surface area contributed by atoms with Crippen LogP contribution in [0.25, 0.3) is 0 Å². The van der Waals surface area contributed by atoms with E-state index < -0.39 is 0 Å². The highest BCUT2D eigenvalue weighted by Gasteiger charge is 2.40. The average Bonchev–Trinajstić information content (AvgIpc) is 2.55. The molecular weight excluding hydrogens is 178 g/mol. The fourth-order valence-electron chi connectivity index (χ4n) is 3.06. The molecule has 0 saturated carbocycles. The smallest absolute Gasteiger partial charge is 0.0218 e. The van der Waals surface area contributed by atoms with Crippen LogP contribution < -0.4 is 0 Å². The van der Waals surface area contributed by atoms with Crippen molar-refractivity contribution >= 4 is 11.8 Å². The van der Waals surface area contributed by atoms with Gasteiger partial charge < -0.3 is 0 Å².